The van der Waals surface area contributed by atoms with Crippen LogP contribution in [-0.2, 0) is 0 Å². The van der Waals surface area contributed by atoms with Crippen molar-refractivity contribution in [3.63, 3.8) is 0 Å². The summed E-state index contributed by atoms with van der Waals surface area (Å²) in [6.45, 7) is 5.69. The number of piperidine rings is 1. The molecular weight excluding hydrogens is 186 g/mol. The van der Waals surface area contributed by atoms with E-state index < -0.39 is 12.5 Å². The molecule has 0 saturated carbocycles. The zero-order chi connectivity index (χ0) is 10.7. The van der Waals surface area contributed by atoms with Crippen LogP contribution in [0.5, 0.6) is 0 Å². The van der Waals surface area contributed by atoms with Crippen molar-refractivity contribution >= 4 is 0 Å². The molecule has 1 aliphatic heterocycles. The predicted octanol–water partition coefficient (Wildman–Crippen LogP) is 2.41. The molecule has 0 amide bonds. The topological polar surface area (TPSA) is 15.3 Å². The monoisotopic (exact) mass is 206 g/mol. The molecule has 84 valence electrons. The van der Waals surface area contributed by atoms with Gasteiger partial charge in [-0.25, -0.2) is 19.2 Å². The van der Waals surface area contributed by atoms with Crippen LogP contribution in [0.4, 0.5) is 8.78 Å². The third kappa shape index (κ3) is 2.89. The molecule has 1 fully saturated rings. The van der Waals surface area contributed by atoms with Gasteiger partial charge >= 0.3 is 0 Å². The second kappa shape index (κ2) is 5.03. The van der Waals surface area contributed by atoms with Crippen LogP contribution in [0, 0.1) is 0 Å². The minimum Gasteiger partial charge on any atom is -0.246 e. The number of hydrogen-bond acceptors (Lipinski definition) is 2. The van der Waals surface area contributed by atoms with Crippen molar-refractivity contribution in [1.82, 2.24) is 10.4 Å². The molecule has 0 aromatic carbocycles. The zero-order valence-corrected chi connectivity index (χ0v) is 9.13. The van der Waals surface area contributed by atoms with E-state index in [4.69, 9.17) is 0 Å². The smallest absolute Gasteiger partial charge is 0.246 e. The van der Waals surface area contributed by atoms with Crippen LogP contribution < -0.4 is 5.43 Å². The summed E-state index contributed by atoms with van der Waals surface area (Å²) < 4.78 is 24.7. The summed E-state index contributed by atoms with van der Waals surface area (Å²) in [5.41, 5.74) is 2.90. The molecule has 0 aromatic heterocycles. The largest absolute Gasteiger partial charge is 0.254 e. The molecule has 3 unspecified atom stereocenters. The van der Waals surface area contributed by atoms with E-state index >= 15 is 0 Å². The Labute approximate surface area is 84.6 Å². The van der Waals surface area contributed by atoms with Crippen LogP contribution in [0.15, 0.2) is 0 Å². The second-order valence-electron chi connectivity index (χ2n) is 4.29. The van der Waals surface area contributed by atoms with Gasteiger partial charge in [-0.3, -0.25) is 0 Å². The Bertz CT molecular complexity index is 166. The highest BCUT2D eigenvalue weighted by Gasteiger charge is 2.27. The molecule has 1 aliphatic rings. The van der Waals surface area contributed by atoms with Gasteiger partial charge in [-0.2, -0.15) is 0 Å². The lowest BCUT2D eigenvalue weighted by atomic mass is 10.00. The van der Waals surface area contributed by atoms with Crippen molar-refractivity contribution in [2.24, 2.45) is 0 Å². The van der Waals surface area contributed by atoms with Gasteiger partial charge in [0.15, 0.2) is 0 Å². The van der Waals surface area contributed by atoms with E-state index in [0.717, 1.165) is 12.8 Å². The molecule has 3 atom stereocenters. The number of rotatable bonds is 3. The van der Waals surface area contributed by atoms with Gasteiger partial charge in [-0.1, -0.05) is 6.42 Å². The van der Waals surface area contributed by atoms with Gasteiger partial charge in [0.2, 0.25) is 0 Å². The lowest BCUT2D eigenvalue weighted by Gasteiger charge is -2.40. The molecule has 2 nitrogen and oxygen atoms in total. The predicted molar refractivity (Wildman–Crippen MR) is 53.2 cm³/mol. The Morgan fingerprint density at radius 3 is 2.14 bits per heavy atom. The van der Waals surface area contributed by atoms with E-state index in [-0.39, 0.29) is 0 Å². The van der Waals surface area contributed by atoms with Gasteiger partial charge in [0.05, 0.1) is 6.04 Å². The number of halogens is 2. The molecule has 0 radical (unpaired) electrons. The molecule has 1 saturated heterocycles. The molecule has 1 rings (SSSR count). The lowest BCUT2D eigenvalue weighted by Crippen LogP contribution is -2.56. The van der Waals surface area contributed by atoms with E-state index in [1.165, 1.54) is 13.3 Å². The summed E-state index contributed by atoms with van der Waals surface area (Å²) in [7, 11) is 0. The molecule has 0 aliphatic carbocycles. The van der Waals surface area contributed by atoms with Crippen LogP contribution in [0.2, 0.25) is 0 Å². The number of nitrogens with zero attached hydrogens (tertiary/aromatic N) is 1. The van der Waals surface area contributed by atoms with Crippen LogP contribution in [-0.4, -0.2) is 29.6 Å². The van der Waals surface area contributed by atoms with E-state index in [1.807, 2.05) is 5.01 Å². The third-order valence-electron chi connectivity index (χ3n) is 2.92. The highest BCUT2D eigenvalue weighted by molar-refractivity contribution is 4.78. The van der Waals surface area contributed by atoms with Crippen molar-refractivity contribution in [3.8, 4) is 0 Å². The summed E-state index contributed by atoms with van der Waals surface area (Å²) in [5, 5.41) is 1.99. The molecule has 0 aromatic rings. The second-order valence-corrected chi connectivity index (χ2v) is 4.29. The highest BCUT2D eigenvalue weighted by Crippen LogP contribution is 2.21. The Kier molecular flexibility index (Phi) is 4.26. The zero-order valence-electron chi connectivity index (χ0n) is 9.13. The van der Waals surface area contributed by atoms with Crippen LogP contribution in [0.25, 0.3) is 0 Å². The summed E-state index contributed by atoms with van der Waals surface area (Å²) in [6.07, 6.45) is 1.08. The average Bonchev–Trinajstić information content (AvgIpc) is 2.11. The van der Waals surface area contributed by atoms with Gasteiger partial charge in [-0.15, -0.1) is 0 Å². The van der Waals surface area contributed by atoms with Gasteiger partial charge in [-0.05, 0) is 33.6 Å². The lowest BCUT2D eigenvalue weighted by molar-refractivity contribution is -0.00771. The Morgan fingerprint density at radius 1 is 1.21 bits per heavy atom. The van der Waals surface area contributed by atoms with Crippen LogP contribution >= 0.6 is 0 Å². The summed E-state index contributed by atoms with van der Waals surface area (Å²) in [5.74, 6) is 0. The van der Waals surface area contributed by atoms with Crippen molar-refractivity contribution in [2.75, 3.05) is 0 Å². The summed E-state index contributed by atoms with van der Waals surface area (Å²) in [6, 6.07) is -0.0297. The van der Waals surface area contributed by atoms with Crippen LogP contribution in [0.1, 0.15) is 40.0 Å². The molecule has 14 heavy (non-hydrogen) atoms. The van der Waals surface area contributed by atoms with Crippen molar-refractivity contribution in [2.45, 2.75) is 64.6 Å². The summed E-state index contributed by atoms with van der Waals surface area (Å²) >= 11 is 0. The maximum absolute atomic E-state index is 12.3. The number of alkyl halides is 2. The Balaban J connectivity index is 2.47. The Hall–Kier alpha value is -0.220. The molecule has 1 N–H and O–H groups in total. The fourth-order valence-electron chi connectivity index (χ4n) is 1.97. The van der Waals surface area contributed by atoms with Gasteiger partial charge in [0, 0.05) is 12.1 Å². The average molecular weight is 206 g/mol. The molecule has 1 heterocycles. The number of hydrogen-bond donors (Lipinski definition) is 1. The van der Waals surface area contributed by atoms with Crippen molar-refractivity contribution in [3.05, 3.63) is 0 Å². The maximum atomic E-state index is 12.3. The van der Waals surface area contributed by atoms with Crippen molar-refractivity contribution in [1.29, 1.82) is 0 Å². The van der Waals surface area contributed by atoms with Crippen LogP contribution in [0.3, 0.4) is 0 Å². The first-order valence-corrected chi connectivity index (χ1v) is 5.35. The number of nitrogens with one attached hydrogen (secondary N) is 1. The molecule has 0 bridgehead atoms. The molecule has 0 spiro atoms. The van der Waals surface area contributed by atoms with Gasteiger partial charge < -0.3 is 0 Å². The first-order valence-electron chi connectivity index (χ1n) is 5.35. The first kappa shape index (κ1) is 11.9. The standard InChI is InChI=1S/C10H20F2N2/c1-7-5-4-6-8(2)14(7)13-9(3)10(11)12/h7-10,13H,4-6H2,1-3H3. The first-order chi connectivity index (χ1) is 6.52. The Morgan fingerprint density at radius 2 is 1.71 bits per heavy atom. The van der Waals surface area contributed by atoms with Gasteiger partial charge in [0.1, 0.15) is 0 Å². The third-order valence-corrected chi connectivity index (χ3v) is 2.92. The fourth-order valence-corrected chi connectivity index (χ4v) is 1.97. The molecular formula is C10H20F2N2. The quantitative estimate of drug-likeness (QED) is 0.762. The van der Waals surface area contributed by atoms with E-state index in [2.05, 4.69) is 19.3 Å². The summed E-state index contributed by atoms with van der Waals surface area (Å²) in [4.78, 5) is 0. The normalized spacial score (nSPS) is 32.1. The highest BCUT2D eigenvalue weighted by atomic mass is 19.3. The van der Waals surface area contributed by atoms with E-state index in [0.29, 0.717) is 12.1 Å². The van der Waals surface area contributed by atoms with E-state index in [1.54, 1.807) is 0 Å². The fraction of sp³-hybridized carbons (Fsp3) is 1.00. The molecule has 4 heteroatoms. The maximum Gasteiger partial charge on any atom is 0.254 e. The number of hydrazine groups is 1. The minimum atomic E-state index is -2.30. The van der Waals surface area contributed by atoms with E-state index in [9.17, 15) is 8.78 Å². The van der Waals surface area contributed by atoms with Gasteiger partial charge in [0.25, 0.3) is 6.43 Å². The SMILES string of the molecule is CC(NN1C(C)CCCC1C)C(F)F. The van der Waals surface area contributed by atoms with Crippen molar-refractivity contribution < 1.29 is 8.78 Å². The minimum absolute atomic E-state index is 0.361.